The Morgan fingerprint density at radius 3 is 2.44 bits per heavy atom. The number of para-hydroxylation sites is 3. The van der Waals surface area contributed by atoms with E-state index in [0.717, 1.165) is 39.3 Å². The summed E-state index contributed by atoms with van der Waals surface area (Å²) in [4.78, 5) is 5.95. The third-order valence-corrected chi connectivity index (χ3v) is 6.54. The Hall–Kier alpha value is -4.08. The lowest BCUT2D eigenvalue weighted by molar-refractivity contribution is 0.884. The molecule has 0 radical (unpaired) electrons. The zero-order valence-corrected chi connectivity index (χ0v) is 19.8. The molecule has 0 saturated heterocycles. The minimum absolute atomic E-state index is 0.491. The number of aryl methyl sites for hydroxylation is 1. The van der Waals surface area contributed by atoms with Crippen LogP contribution in [0.4, 0.5) is 0 Å². The van der Waals surface area contributed by atoms with Crippen molar-refractivity contribution >= 4 is 34.4 Å². The predicted octanol–water partition coefficient (Wildman–Crippen LogP) is 6.60. The number of hydrogen-bond donors (Lipinski definition) is 0. The van der Waals surface area contributed by atoms with E-state index in [0.29, 0.717) is 11.4 Å². The zero-order chi connectivity index (χ0) is 23.5. The van der Waals surface area contributed by atoms with Gasteiger partial charge in [0, 0.05) is 29.3 Å². The first-order valence-corrected chi connectivity index (χ1v) is 12.1. The summed E-state index contributed by atoms with van der Waals surface area (Å²) in [6, 6.07) is 28.7. The van der Waals surface area contributed by atoms with Crippen LogP contribution in [0.15, 0.2) is 90.0 Å². The Kier molecular flexibility index (Phi) is 6.03. The van der Waals surface area contributed by atoms with E-state index in [1.165, 1.54) is 4.90 Å². The second kappa shape index (κ2) is 9.42. The van der Waals surface area contributed by atoms with Crippen molar-refractivity contribution in [2.45, 2.75) is 11.8 Å². The van der Waals surface area contributed by atoms with Gasteiger partial charge in [-0.15, -0.1) is 11.8 Å². The van der Waals surface area contributed by atoms with Crippen LogP contribution >= 0.6 is 11.8 Å². The summed E-state index contributed by atoms with van der Waals surface area (Å²) < 4.78 is 3.82. The van der Waals surface area contributed by atoms with E-state index in [1.807, 2.05) is 94.9 Å². The Bertz CT molecular complexity index is 1520. The van der Waals surface area contributed by atoms with Gasteiger partial charge < -0.3 is 4.57 Å². The molecule has 0 aliphatic heterocycles. The SMILES string of the molecule is CCSc1ccc(-c2nn(-c3ccccc3)cc2C=C(C#N)c2nc3ccccc3n2C)cc1. The van der Waals surface area contributed by atoms with E-state index in [2.05, 4.69) is 37.3 Å². The Labute approximate surface area is 203 Å². The summed E-state index contributed by atoms with van der Waals surface area (Å²) in [7, 11) is 1.94. The zero-order valence-electron chi connectivity index (χ0n) is 19.0. The number of rotatable bonds is 6. The number of imidazole rings is 1. The average Bonchev–Trinajstić information content (AvgIpc) is 3.45. The molecule has 6 heteroatoms. The van der Waals surface area contributed by atoms with Gasteiger partial charge in [-0.25, -0.2) is 9.67 Å². The van der Waals surface area contributed by atoms with Crippen molar-refractivity contribution in [2.24, 2.45) is 7.05 Å². The van der Waals surface area contributed by atoms with Crippen molar-refractivity contribution in [1.82, 2.24) is 19.3 Å². The topological polar surface area (TPSA) is 59.4 Å². The highest BCUT2D eigenvalue weighted by Crippen LogP contribution is 2.30. The summed E-state index contributed by atoms with van der Waals surface area (Å²) in [5.74, 6) is 1.66. The van der Waals surface area contributed by atoms with E-state index in [9.17, 15) is 5.26 Å². The molecule has 5 nitrogen and oxygen atoms in total. The quantitative estimate of drug-likeness (QED) is 0.211. The third-order valence-electron chi connectivity index (χ3n) is 5.65. The number of aromatic nitrogens is 4. The molecule has 166 valence electrons. The van der Waals surface area contributed by atoms with E-state index < -0.39 is 0 Å². The first-order chi connectivity index (χ1) is 16.7. The predicted molar refractivity (Wildman–Crippen MR) is 140 cm³/mol. The molecule has 2 heterocycles. The molecule has 0 bridgehead atoms. The Morgan fingerprint density at radius 2 is 1.74 bits per heavy atom. The molecule has 0 unspecified atom stereocenters. The second-order valence-corrected chi connectivity index (χ2v) is 9.16. The van der Waals surface area contributed by atoms with Crippen LogP contribution in [0.5, 0.6) is 0 Å². The molecule has 34 heavy (non-hydrogen) atoms. The van der Waals surface area contributed by atoms with E-state index in [-0.39, 0.29) is 0 Å². The van der Waals surface area contributed by atoms with E-state index in [1.54, 1.807) is 0 Å². The fourth-order valence-electron chi connectivity index (χ4n) is 3.99. The van der Waals surface area contributed by atoms with Gasteiger partial charge in [0.1, 0.15) is 6.07 Å². The summed E-state index contributed by atoms with van der Waals surface area (Å²) in [5.41, 5.74) is 6.00. The number of nitriles is 1. The lowest BCUT2D eigenvalue weighted by atomic mass is 10.1. The highest BCUT2D eigenvalue weighted by molar-refractivity contribution is 7.99. The highest BCUT2D eigenvalue weighted by atomic mass is 32.2. The molecule has 3 aromatic carbocycles. The van der Waals surface area contributed by atoms with E-state index >= 15 is 0 Å². The van der Waals surface area contributed by atoms with Gasteiger partial charge in [0.05, 0.1) is 28.0 Å². The highest BCUT2D eigenvalue weighted by Gasteiger charge is 2.16. The van der Waals surface area contributed by atoms with Gasteiger partial charge in [0.15, 0.2) is 5.82 Å². The monoisotopic (exact) mass is 461 g/mol. The first kappa shape index (κ1) is 21.7. The number of thioether (sulfide) groups is 1. The van der Waals surface area contributed by atoms with Gasteiger partial charge in [-0.1, -0.05) is 49.4 Å². The van der Waals surface area contributed by atoms with Crippen molar-refractivity contribution in [3.05, 3.63) is 96.4 Å². The number of hydrogen-bond acceptors (Lipinski definition) is 4. The van der Waals surface area contributed by atoms with Crippen LogP contribution in [0.1, 0.15) is 18.3 Å². The number of fused-ring (bicyclic) bond motifs is 1. The van der Waals surface area contributed by atoms with E-state index in [4.69, 9.17) is 10.1 Å². The van der Waals surface area contributed by atoms with Crippen LogP contribution in [-0.2, 0) is 7.05 Å². The van der Waals surface area contributed by atoms with Crippen molar-refractivity contribution in [3.8, 4) is 23.0 Å². The van der Waals surface area contributed by atoms with Crippen LogP contribution in [0.2, 0.25) is 0 Å². The third kappa shape index (κ3) is 4.14. The maximum Gasteiger partial charge on any atom is 0.151 e. The normalized spacial score (nSPS) is 11.6. The molecule has 0 atom stereocenters. The largest absolute Gasteiger partial charge is 0.327 e. The smallest absolute Gasteiger partial charge is 0.151 e. The summed E-state index contributed by atoms with van der Waals surface area (Å²) in [5, 5.41) is 15.0. The molecule has 0 aliphatic carbocycles. The van der Waals surface area contributed by atoms with Gasteiger partial charge in [-0.2, -0.15) is 10.4 Å². The maximum absolute atomic E-state index is 10.1. The van der Waals surface area contributed by atoms with Crippen LogP contribution in [-0.4, -0.2) is 25.1 Å². The van der Waals surface area contributed by atoms with Gasteiger partial charge in [0.2, 0.25) is 0 Å². The molecule has 5 aromatic rings. The standard InChI is InChI=1S/C28H23N5S/c1-3-34-24-15-13-20(14-16-24)27-22(19-33(31-27)23-9-5-4-6-10-23)17-21(18-29)28-30-25-11-7-8-12-26(25)32(28)2/h4-17,19H,3H2,1-2H3. The van der Waals surface area contributed by atoms with Gasteiger partial charge in [0.25, 0.3) is 0 Å². The molecule has 0 saturated carbocycles. The average molecular weight is 462 g/mol. The lowest BCUT2D eigenvalue weighted by Crippen LogP contribution is -1.96. The van der Waals surface area contributed by atoms with Crippen LogP contribution in [0.25, 0.3) is 39.6 Å². The molecular formula is C28H23N5S. The van der Waals surface area contributed by atoms with Crippen molar-refractivity contribution in [2.75, 3.05) is 5.75 Å². The molecular weight excluding hydrogens is 438 g/mol. The molecule has 0 fully saturated rings. The molecule has 5 rings (SSSR count). The number of allylic oxidation sites excluding steroid dienone is 1. The van der Waals surface area contributed by atoms with Crippen LogP contribution in [0.3, 0.4) is 0 Å². The lowest BCUT2D eigenvalue weighted by Gasteiger charge is -2.03. The molecule has 0 spiro atoms. The van der Waals surface area contributed by atoms with Crippen LogP contribution < -0.4 is 0 Å². The van der Waals surface area contributed by atoms with Gasteiger partial charge in [-0.05, 0) is 48.2 Å². The number of benzene rings is 3. The first-order valence-electron chi connectivity index (χ1n) is 11.1. The molecule has 0 aliphatic rings. The summed E-state index contributed by atoms with van der Waals surface area (Å²) in [6.45, 7) is 2.15. The fraction of sp³-hybridized carbons (Fsp3) is 0.107. The maximum atomic E-state index is 10.1. The van der Waals surface area contributed by atoms with Crippen LogP contribution in [0, 0.1) is 11.3 Å². The summed E-state index contributed by atoms with van der Waals surface area (Å²) in [6.07, 6.45) is 3.86. The van der Waals surface area contributed by atoms with Gasteiger partial charge in [-0.3, -0.25) is 0 Å². The molecule has 2 aromatic heterocycles. The van der Waals surface area contributed by atoms with Crippen molar-refractivity contribution < 1.29 is 0 Å². The minimum Gasteiger partial charge on any atom is -0.327 e. The minimum atomic E-state index is 0.491. The Morgan fingerprint density at radius 1 is 1.00 bits per heavy atom. The molecule has 0 N–H and O–H groups in total. The molecule has 0 amide bonds. The Balaban J connectivity index is 1.65. The van der Waals surface area contributed by atoms with Crippen molar-refractivity contribution in [3.63, 3.8) is 0 Å². The fourth-order valence-corrected chi connectivity index (χ4v) is 4.66. The van der Waals surface area contributed by atoms with Gasteiger partial charge >= 0.3 is 0 Å². The summed E-state index contributed by atoms with van der Waals surface area (Å²) >= 11 is 1.81. The van der Waals surface area contributed by atoms with Crippen molar-refractivity contribution in [1.29, 1.82) is 5.26 Å². The number of nitrogens with zero attached hydrogens (tertiary/aromatic N) is 5. The second-order valence-electron chi connectivity index (χ2n) is 7.82.